The van der Waals surface area contributed by atoms with Crippen LogP contribution in [0.25, 0.3) is 0 Å². The number of nitrogen functional groups attached to an aromatic ring is 1. The van der Waals surface area contributed by atoms with Gasteiger partial charge in [-0.25, -0.2) is 10.8 Å². The summed E-state index contributed by atoms with van der Waals surface area (Å²) in [7, 11) is 1.70. The number of hydrogen-bond donors (Lipinski definition) is 3. The van der Waals surface area contributed by atoms with Gasteiger partial charge in [-0.3, -0.25) is 5.43 Å². The van der Waals surface area contributed by atoms with E-state index in [4.69, 9.17) is 15.3 Å². The molecule has 1 aromatic rings. The SMILES string of the molecule is COC1(CNc2ccnc(NN)n2)CCOC1. The van der Waals surface area contributed by atoms with Gasteiger partial charge in [0.25, 0.3) is 0 Å². The number of methoxy groups -OCH3 is 1. The van der Waals surface area contributed by atoms with Crippen molar-refractivity contribution in [2.24, 2.45) is 5.84 Å². The number of hydrazine groups is 1. The van der Waals surface area contributed by atoms with E-state index >= 15 is 0 Å². The third-order valence-electron chi connectivity index (χ3n) is 2.88. The molecule has 2 heterocycles. The van der Waals surface area contributed by atoms with Crippen LogP contribution >= 0.6 is 0 Å². The van der Waals surface area contributed by atoms with Crippen molar-refractivity contribution in [3.63, 3.8) is 0 Å². The molecule has 2 rings (SSSR count). The van der Waals surface area contributed by atoms with Crippen LogP contribution in [0.5, 0.6) is 0 Å². The molecule has 1 fully saturated rings. The molecule has 94 valence electrons. The molecule has 1 atom stereocenters. The minimum atomic E-state index is -0.263. The van der Waals surface area contributed by atoms with Crippen molar-refractivity contribution in [2.75, 3.05) is 37.6 Å². The Labute approximate surface area is 99.7 Å². The average molecular weight is 239 g/mol. The van der Waals surface area contributed by atoms with Gasteiger partial charge in [-0.2, -0.15) is 4.98 Å². The first-order chi connectivity index (χ1) is 8.28. The molecule has 7 nitrogen and oxygen atoms in total. The quantitative estimate of drug-likeness (QED) is 0.491. The Morgan fingerprint density at radius 3 is 3.18 bits per heavy atom. The van der Waals surface area contributed by atoms with Crippen molar-refractivity contribution < 1.29 is 9.47 Å². The van der Waals surface area contributed by atoms with Crippen LogP contribution < -0.4 is 16.6 Å². The van der Waals surface area contributed by atoms with Crippen LogP contribution in [0.2, 0.25) is 0 Å². The summed E-state index contributed by atoms with van der Waals surface area (Å²) in [4.78, 5) is 8.09. The molecule has 7 heteroatoms. The number of anilines is 2. The molecule has 0 aliphatic carbocycles. The summed E-state index contributed by atoms with van der Waals surface area (Å²) in [5.74, 6) is 6.33. The second kappa shape index (κ2) is 5.26. The lowest BCUT2D eigenvalue weighted by molar-refractivity contribution is -0.00625. The van der Waals surface area contributed by atoms with Crippen molar-refractivity contribution in [2.45, 2.75) is 12.0 Å². The van der Waals surface area contributed by atoms with Crippen molar-refractivity contribution in [3.8, 4) is 0 Å². The van der Waals surface area contributed by atoms with Gasteiger partial charge < -0.3 is 14.8 Å². The number of nitrogens with one attached hydrogen (secondary N) is 2. The van der Waals surface area contributed by atoms with Gasteiger partial charge in [0.05, 0.1) is 6.61 Å². The fraction of sp³-hybridized carbons (Fsp3) is 0.600. The maximum absolute atomic E-state index is 5.51. The number of ether oxygens (including phenoxy) is 2. The topological polar surface area (TPSA) is 94.3 Å². The predicted octanol–water partition coefficient (Wildman–Crippen LogP) is -0.0204. The summed E-state index contributed by atoms with van der Waals surface area (Å²) in [6, 6.07) is 1.78. The van der Waals surface area contributed by atoms with Crippen LogP contribution in [0, 0.1) is 0 Å². The van der Waals surface area contributed by atoms with E-state index < -0.39 is 0 Å². The Hall–Kier alpha value is -1.44. The molecule has 1 aliphatic heterocycles. The summed E-state index contributed by atoms with van der Waals surface area (Å²) >= 11 is 0. The van der Waals surface area contributed by atoms with Crippen molar-refractivity contribution >= 4 is 11.8 Å². The lowest BCUT2D eigenvalue weighted by atomic mass is 10.0. The van der Waals surface area contributed by atoms with Crippen LogP contribution in [0.3, 0.4) is 0 Å². The van der Waals surface area contributed by atoms with Crippen LogP contribution in [-0.2, 0) is 9.47 Å². The van der Waals surface area contributed by atoms with Gasteiger partial charge in [0.15, 0.2) is 0 Å². The van der Waals surface area contributed by atoms with Crippen LogP contribution in [0.1, 0.15) is 6.42 Å². The summed E-state index contributed by atoms with van der Waals surface area (Å²) < 4.78 is 10.9. The van der Waals surface area contributed by atoms with Gasteiger partial charge in [-0.05, 0) is 6.07 Å². The smallest absolute Gasteiger partial charge is 0.239 e. The molecular weight excluding hydrogens is 222 g/mol. The molecule has 0 amide bonds. The molecule has 1 saturated heterocycles. The second-order valence-corrected chi connectivity index (χ2v) is 3.95. The van der Waals surface area contributed by atoms with E-state index in [1.165, 1.54) is 0 Å². The third-order valence-corrected chi connectivity index (χ3v) is 2.88. The Balaban J connectivity index is 1.96. The van der Waals surface area contributed by atoms with Crippen molar-refractivity contribution in [3.05, 3.63) is 12.3 Å². The summed E-state index contributed by atoms with van der Waals surface area (Å²) in [6.45, 7) is 1.98. The Kier molecular flexibility index (Phi) is 3.72. The molecule has 17 heavy (non-hydrogen) atoms. The highest BCUT2D eigenvalue weighted by atomic mass is 16.5. The number of aromatic nitrogens is 2. The fourth-order valence-corrected chi connectivity index (χ4v) is 1.74. The highest BCUT2D eigenvalue weighted by Crippen LogP contribution is 2.22. The summed E-state index contributed by atoms with van der Waals surface area (Å²) in [5.41, 5.74) is 2.14. The van der Waals surface area contributed by atoms with Crippen LogP contribution in [0.15, 0.2) is 12.3 Å². The third kappa shape index (κ3) is 2.82. The van der Waals surface area contributed by atoms with E-state index in [0.717, 1.165) is 13.0 Å². The minimum absolute atomic E-state index is 0.263. The van der Waals surface area contributed by atoms with Crippen molar-refractivity contribution in [1.29, 1.82) is 0 Å². The minimum Gasteiger partial charge on any atom is -0.378 e. The monoisotopic (exact) mass is 239 g/mol. The molecular formula is C10H17N5O2. The molecule has 1 aliphatic rings. The Bertz CT molecular complexity index is 367. The standard InChI is InChI=1S/C10H17N5O2/c1-16-10(3-5-17-7-10)6-13-8-2-4-12-9(14-8)15-11/h2,4H,3,5-7,11H2,1H3,(H2,12,13,14,15). The number of nitrogens with zero attached hydrogens (tertiary/aromatic N) is 2. The number of nitrogens with two attached hydrogens (primary N) is 1. The van der Waals surface area contributed by atoms with E-state index in [2.05, 4.69) is 20.7 Å². The lowest BCUT2D eigenvalue weighted by Crippen LogP contribution is -2.39. The maximum atomic E-state index is 5.51. The lowest BCUT2D eigenvalue weighted by Gasteiger charge is -2.26. The van der Waals surface area contributed by atoms with Crippen LogP contribution in [-0.4, -0.2) is 42.4 Å². The molecule has 0 radical (unpaired) electrons. The largest absolute Gasteiger partial charge is 0.378 e. The summed E-state index contributed by atoms with van der Waals surface area (Å²) in [6.07, 6.45) is 2.51. The van der Waals surface area contributed by atoms with Gasteiger partial charge in [-0.1, -0.05) is 0 Å². The molecule has 4 N–H and O–H groups in total. The molecule has 0 spiro atoms. The van der Waals surface area contributed by atoms with Gasteiger partial charge in [-0.15, -0.1) is 0 Å². The van der Waals surface area contributed by atoms with E-state index in [1.807, 2.05) is 0 Å². The molecule has 0 aromatic carbocycles. The second-order valence-electron chi connectivity index (χ2n) is 3.95. The zero-order chi connectivity index (χ0) is 12.1. The normalized spacial score (nSPS) is 23.6. The van der Waals surface area contributed by atoms with Gasteiger partial charge in [0.2, 0.25) is 5.95 Å². The molecule has 0 bridgehead atoms. The zero-order valence-corrected chi connectivity index (χ0v) is 9.77. The van der Waals surface area contributed by atoms with Gasteiger partial charge in [0.1, 0.15) is 11.4 Å². The first-order valence-corrected chi connectivity index (χ1v) is 5.44. The molecule has 1 aromatic heterocycles. The maximum Gasteiger partial charge on any atom is 0.239 e. The Morgan fingerprint density at radius 1 is 1.65 bits per heavy atom. The molecule has 0 saturated carbocycles. The first-order valence-electron chi connectivity index (χ1n) is 5.44. The van der Waals surface area contributed by atoms with E-state index in [-0.39, 0.29) is 5.60 Å². The van der Waals surface area contributed by atoms with Crippen LogP contribution in [0.4, 0.5) is 11.8 Å². The number of hydrogen-bond acceptors (Lipinski definition) is 7. The average Bonchev–Trinajstić information content (AvgIpc) is 2.86. The van der Waals surface area contributed by atoms with E-state index in [0.29, 0.717) is 24.9 Å². The van der Waals surface area contributed by atoms with Gasteiger partial charge >= 0.3 is 0 Å². The highest BCUT2D eigenvalue weighted by molar-refractivity contribution is 5.39. The number of rotatable bonds is 5. The fourth-order valence-electron chi connectivity index (χ4n) is 1.74. The Morgan fingerprint density at radius 2 is 2.53 bits per heavy atom. The van der Waals surface area contributed by atoms with E-state index in [9.17, 15) is 0 Å². The van der Waals surface area contributed by atoms with Crippen molar-refractivity contribution in [1.82, 2.24) is 9.97 Å². The van der Waals surface area contributed by atoms with E-state index in [1.54, 1.807) is 19.4 Å². The summed E-state index contributed by atoms with van der Waals surface area (Å²) in [5, 5.41) is 3.20. The zero-order valence-electron chi connectivity index (χ0n) is 9.77. The predicted molar refractivity (Wildman–Crippen MR) is 63.5 cm³/mol. The highest BCUT2D eigenvalue weighted by Gasteiger charge is 2.34. The van der Waals surface area contributed by atoms with Gasteiger partial charge in [0, 0.05) is 32.9 Å². The molecule has 1 unspecified atom stereocenters. The first kappa shape index (κ1) is 12.0.